The molecule has 2 aromatic rings. The molecule has 0 saturated carbocycles. The molecule has 0 aliphatic carbocycles. The summed E-state index contributed by atoms with van der Waals surface area (Å²) in [6.45, 7) is 1.96. The van der Waals surface area contributed by atoms with Crippen LogP contribution in [-0.2, 0) is 0 Å². The first kappa shape index (κ1) is 15.7. The Hall–Kier alpha value is -1.71. The third kappa shape index (κ3) is 3.90. The van der Waals surface area contributed by atoms with E-state index in [4.69, 9.17) is 23.2 Å². The zero-order valence-electron chi connectivity index (χ0n) is 12.2. The SMILES string of the molecule is CNc1ccc(Cl)cc1/C(C)=N\N(C)c1ccc(Cl)cc1. The highest BCUT2D eigenvalue weighted by Crippen LogP contribution is 2.22. The van der Waals surface area contributed by atoms with Crippen molar-refractivity contribution in [2.75, 3.05) is 24.4 Å². The minimum absolute atomic E-state index is 0.688. The lowest BCUT2D eigenvalue weighted by atomic mass is 10.1. The van der Waals surface area contributed by atoms with Crippen LogP contribution in [0.2, 0.25) is 10.0 Å². The van der Waals surface area contributed by atoms with Gasteiger partial charge < -0.3 is 5.32 Å². The lowest BCUT2D eigenvalue weighted by Crippen LogP contribution is -2.13. The topological polar surface area (TPSA) is 27.6 Å². The number of hydrogen-bond acceptors (Lipinski definition) is 3. The van der Waals surface area contributed by atoms with Crippen molar-refractivity contribution in [3.63, 3.8) is 0 Å². The molecule has 3 nitrogen and oxygen atoms in total. The zero-order valence-corrected chi connectivity index (χ0v) is 13.7. The van der Waals surface area contributed by atoms with Crippen LogP contribution in [0, 0.1) is 0 Å². The van der Waals surface area contributed by atoms with Crippen LogP contribution in [-0.4, -0.2) is 19.8 Å². The Morgan fingerprint density at radius 2 is 1.67 bits per heavy atom. The summed E-state index contributed by atoms with van der Waals surface area (Å²) >= 11 is 12.0. The second-order valence-corrected chi connectivity index (χ2v) is 5.50. The first-order chi connectivity index (χ1) is 10.0. The van der Waals surface area contributed by atoms with Gasteiger partial charge in [0.05, 0.1) is 11.4 Å². The van der Waals surface area contributed by atoms with E-state index in [1.165, 1.54) is 0 Å². The van der Waals surface area contributed by atoms with Gasteiger partial charge in [0, 0.05) is 35.4 Å². The van der Waals surface area contributed by atoms with Crippen LogP contribution in [0.5, 0.6) is 0 Å². The quantitative estimate of drug-likeness (QED) is 0.641. The van der Waals surface area contributed by atoms with Gasteiger partial charge in [-0.25, -0.2) is 0 Å². The van der Waals surface area contributed by atoms with Crippen LogP contribution in [0.25, 0.3) is 0 Å². The molecule has 0 unspecified atom stereocenters. The van der Waals surface area contributed by atoms with Crippen LogP contribution in [0.4, 0.5) is 11.4 Å². The fraction of sp³-hybridized carbons (Fsp3) is 0.188. The molecule has 0 aromatic heterocycles. The molecule has 5 heteroatoms. The van der Waals surface area contributed by atoms with Gasteiger partial charge in [0.2, 0.25) is 0 Å². The molecule has 0 amide bonds. The molecule has 21 heavy (non-hydrogen) atoms. The summed E-state index contributed by atoms with van der Waals surface area (Å²) in [4.78, 5) is 0. The van der Waals surface area contributed by atoms with Crippen molar-refractivity contribution in [2.24, 2.45) is 5.10 Å². The molecular weight excluding hydrogens is 305 g/mol. The van der Waals surface area contributed by atoms with Crippen molar-refractivity contribution in [1.29, 1.82) is 0 Å². The molecule has 0 spiro atoms. The van der Waals surface area contributed by atoms with E-state index in [-0.39, 0.29) is 0 Å². The minimum atomic E-state index is 0.688. The maximum Gasteiger partial charge on any atom is 0.0672 e. The number of halogens is 2. The lowest BCUT2D eigenvalue weighted by Gasteiger charge is -2.16. The molecule has 0 heterocycles. The highest BCUT2D eigenvalue weighted by Gasteiger charge is 2.07. The molecule has 0 saturated heterocycles. The second-order valence-electron chi connectivity index (χ2n) is 4.63. The number of nitrogens with one attached hydrogen (secondary N) is 1. The van der Waals surface area contributed by atoms with Gasteiger partial charge in [-0.1, -0.05) is 23.2 Å². The predicted octanol–water partition coefficient (Wildman–Crippen LogP) is 4.90. The summed E-state index contributed by atoms with van der Waals surface area (Å²) < 4.78 is 0. The van der Waals surface area contributed by atoms with E-state index in [1.807, 2.05) is 68.5 Å². The van der Waals surface area contributed by atoms with E-state index >= 15 is 0 Å². The standard InChI is InChI=1S/C16H17Cl2N3/c1-11(15-10-13(18)6-9-16(15)19-2)20-21(3)14-7-4-12(17)5-8-14/h4-10,19H,1-3H3/b20-11-. The van der Waals surface area contributed by atoms with E-state index in [0.29, 0.717) is 10.0 Å². The number of nitrogens with zero attached hydrogens (tertiary/aromatic N) is 2. The van der Waals surface area contributed by atoms with Gasteiger partial charge in [0.25, 0.3) is 0 Å². The van der Waals surface area contributed by atoms with Crippen molar-refractivity contribution in [2.45, 2.75) is 6.92 Å². The van der Waals surface area contributed by atoms with Gasteiger partial charge >= 0.3 is 0 Å². The number of anilines is 2. The van der Waals surface area contributed by atoms with E-state index in [2.05, 4.69) is 10.4 Å². The monoisotopic (exact) mass is 321 g/mol. The predicted molar refractivity (Wildman–Crippen MR) is 93.1 cm³/mol. The highest BCUT2D eigenvalue weighted by molar-refractivity contribution is 6.31. The largest absolute Gasteiger partial charge is 0.388 e. The molecule has 0 atom stereocenters. The fourth-order valence-corrected chi connectivity index (χ4v) is 2.33. The van der Waals surface area contributed by atoms with Crippen molar-refractivity contribution < 1.29 is 0 Å². The van der Waals surface area contributed by atoms with Crippen LogP contribution in [0.3, 0.4) is 0 Å². The van der Waals surface area contributed by atoms with Crippen molar-refractivity contribution in [3.8, 4) is 0 Å². The molecule has 0 bridgehead atoms. The summed E-state index contributed by atoms with van der Waals surface area (Å²) in [6.07, 6.45) is 0. The molecular formula is C16H17Cl2N3. The van der Waals surface area contributed by atoms with Gasteiger partial charge in [0.15, 0.2) is 0 Å². The molecule has 110 valence electrons. The Balaban J connectivity index is 2.32. The summed E-state index contributed by atoms with van der Waals surface area (Å²) in [7, 11) is 3.78. The van der Waals surface area contributed by atoms with E-state index in [0.717, 1.165) is 22.6 Å². The molecule has 2 rings (SSSR count). The maximum atomic E-state index is 6.08. The smallest absolute Gasteiger partial charge is 0.0672 e. The van der Waals surface area contributed by atoms with Crippen molar-refractivity contribution >= 4 is 40.3 Å². The van der Waals surface area contributed by atoms with Crippen LogP contribution < -0.4 is 10.3 Å². The average molecular weight is 322 g/mol. The number of hydrogen-bond donors (Lipinski definition) is 1. The van der Waals surface area contributed by atoms with E-state index in [1.54, 1.807) is 0 Å². The number of benzene rings is 2. The third-order valence-electron chi connectivity index (χ3n) is 3.14. The highest BCUT2D eigenvalue weighted by atomic mass is 35.5. The van der Waals surface area contributed by atoms with Gasteiger partial charge in [-0.3, -0.25) is 5.01 Å². The lowest BCUT2D eigenvalue weighted by molar-refractivity contribution is 1.01. The Bertz CT molecular complexity index is 651. The van der Waals surface area contributed by atoms with Crippen LogP contribution in [0.1, 0.15) is 12.5 Å². The van der Waals surface area contributed by atoms with Gasteiger partial charge in [-0.2, -0.15) is 5.10 Å². The Labute approximate surface area is 135 Å². The van der Waals surface area contributed by atoms with E-state index < -0.39 is 0 Å². The molecule has 0 radical (unpaired) electrons. The first-order valence-electron chi connectivity index (χ1n) is 6.53. The molecule has 0 aliphatic rings. The summed E-state index contributed by atoms with van der Waals surface area (Å²) in [5.74, 6) is 0. The molecule has 2 aromatic carbocycles. The summed E-state index contributed by atoms with van der Waals surface area (Å²) in [5, 5.41) is 11.0. The molecule has 1 N–H and O–H groups in total. The number of rotatable bonds is 4. The number of hydrazone groups is 1. The Morgan fingerprint density at radius 1 is 1.05 bits per heavy atom. The second kappa shape index (κ2) is 6.83. The van der Waals surface area contributed by atoms with Crippen LogP contribution >= 0.6 is 23.2 Å². The zero-order chi connectivity index (χ0) is 15.4. The minimum Gasteiger partial charge on any atom is -0.388 e. The van der Waals surface area contributed by atoms with Crippen molar-refractivity contribution in [1.82, 2.24) is 0 Å². The van der Waals surface area contributed by atoms with Crippen molar-refractivity contribution in [3.05, 3.63) is 58.1 Å². The molecule has 0 fully saturated rings. The third-order valence-corrected chi connectivity index (χ3v) is 3.63. The Kier molecular flexibility index (Phi) is 5.10. The van der Waals surface area contributed by atoms with Gasteiger partial charge in [0.1, 0.15) is 0 Å². The van der Waals surface area contributed by atoms with Crippen LogP contribution in [0.15, 0.2) is 47.6 Å². The fourth-order valence-electron chi connectivity index (χ4n) is 2.03. The maximum absolute atomic E-state index is 6.08. The van der Waals surface area contributed by atoms with Gasteiger partial charge in [-0.05, 0) is 49.4 Å². The molecule has 0 aliphatic heterocycles. The first-order valence-corrected chi connectivity index (χ1v) is 7.29. The van der Waals surface area contributed by atoms with Gasteiger partial charge in [-0.15, -0.1) is 0 Å². The Morgan fingerprint density at radius 3 is 2.29 bits per heavy atom. The summed E-state index contributed by atoms with van der Waals surface area (Å²) in [5.41, 5.74) is 3.81. The average Bonchev–Trinajstić information content (AvgIpc) is 2.47. The summed E-state index contributed by atoms with van der Waals surface area (Å²) in [6, 6.07) is 13.2. The van der Waals surface area contributed by atoms with E-state index in [9.17, 15) is 0 Å². The normalized spacial score (nSPS) is 11.4.